The minimum Gasteiger partial charge on any atom is -0.488 e. The van der Waals surface area contributed by atoms with Gasteiger partial charge in [0.25, 0.3) is 0 Å². The quantitative estimate of drug-likeness (QED) is 0.732. The third kappa shape index (κ3) is 2.91. The van der Waals surface area contributed by atoms with E-state index in [4.69, 9.17) is 27.9 Å². The van der Waals surface area contributed by atoms with E-state index < -0.39 is 0 Å². The molecule has 0 aliphatic heterocycles. The fourth-order valence-corrected chi connectivity index (χ4v) is 2.36. The van der Waals surface area contributed by atoms with E-state index in [0.717, 1.165) is 11.3 Å². The number of hydrogen-bond donors (Lipinski definition) is 0. The van der Waals surface area contributed by atoms with E-state index in [0.29, 0.717) is 17.5 Å². The van der Waals surface area contributed by atoms with Crippen molar-refractivity contribution in [1.29, 1.82) is 0 Å². The second-order valence-corrected chi connectivity index (χ2v) is 4.99. The Morgan fingerprint density at radius 1 is 1.25 bits per heavy atom. The maximum absolute atomic E-state index is 5.88. The maximum atomic E-state index is 5.88. The van der Waals surface area contributed by atoms with Gasteiger partial charge in [0.15, 0.2) is 0 Å². The van der Waals surface area contributed by atoms with Crippen molar-refractivity contribution in [2.75, 3.05) is 0 Å². The van der Waals surface area contributed by atoms with Crippen molar-refractivity contribution in [2.45, 2.75) is 12.5 Å². The fourth-order valence-electron chi connectivity index (χ4n) is 1.34. The van der Waals surface area contributed by atoms with Gasteiger partial charge in [0, 0.05) is 15.5 Å². The third-order valence-electron chi connectivity index (χ3n) is 2.12. The van der Waals surface area contributed by atoms with Crippen molar-refractivity contribution in [3.63, 3.8) is 0 Å². The molecule has 0 spiro atoms. The van der Waals surface area contributed by atoms with Gasteiger partial charge >= 0.3 is 0 Å². The molecule has 16 heavy (non-hydrogen) atoms. The van der Waals surface area contributed by atoms with Crippen molar-refractivity contribution >= 4 is 34.5 Å². The lowest BCUT2D eigenvalue weighted by Gasteiger charge is -2.09. The molecule has 1 heterocycles. The molecule has 0 unspecified atom stereocenters. The Kier molecular flexibility index (Phi) is 4.10. The molecule has 0 aliphatic rings. The van der Waals surface area contributed by atoms with Crippen LogP contribution in [0.3, 0.4) is 0 Å². The highest BCUT2D eigenvalue weighted by atomic mass is 35.5. The summed E-state index contributed by atoms with van der Waals surface area (Å²) in [5, 5.41) is 2.71. The summed E-state index contributed by atoms with van der Waals surface area (Å²) < 4.78 is 5.69. The van der Waals surface area contributed by atoms with Crippen LogP contribution in [0.25, 0.3) is 0 Å². The van der Waals surface area contributed by atoms with Crippen LogP contribution in [-0.2, 0) is 12.5 Å². The number of rotatable bonds is 4. The van der Waals surface area contributed by atoms with Gasteiger partial charge in [-0.2, -0.15) is 0 Å². The highest BCUT2D eigenvalue weighted by Crippen LogP contribution is 2.25. The lowest BCUT2D eigenvalue weighted by atomic mass is 10.2. The molecule has 0 fully saturated rings. The largest absolute Gasteiger partial charge is 0.488 e. The van der Waals surface area contributed by atoms with Crippen LogP contribution in [0.5, 0.6) is 5.75 Å². The lowest BCUT2D eigenvalue weighted by Crippen LogP contribution is -1.95. The summed E-state index contributed by atoms with van der Waals surface area (Å²) in [5.41, 5.74) is 0.922. The predicted molar refractivity (Wildman–Crippen MR) is 69.7 cm³/mol. The zero-order chi connectivity index (χ0) is 11.4. The summed E-state index contributed by atoms with van der Waals surface area (Å²) in [7, 11) is 0. The predicted octanol–water partition coefficient (Wildman–Crippen LogP) is 4.72. The molecule has 0 amide bonds. The van der Waals surface area contributed by atoms with Crippen LogP contribution >= 0.6 is 34.5 Å². The molecule has 2 aromatic rings. The topological polar surface area (TPSA) is 9.23 Å². The highest BCUT2D eigenvalue weighted by molar-refractivity contribution is 7.09. The lowest BCUT2D eigenvalue weighted by molar-refractivity contribution is 0.307. The highest BCUT2D eigenvalue weighted by Gasteiger charge is 2.04. The average molecular weight is 273 g/mol. The van der Waals surface area contributed by atoms with E-state index in [2.05, 4.69) is 0 Å². The van der Waals surface area contributed by atoms with E-state index >= 15 is 0 Å². The molecule has 0 saturated carbocycles. The molecule has 1 aromatic carbocycles. The molecule has 84 valence electrons. The van der Waals surface area contributed by atoms with Crippen molar-refractivity contribution in [2.24, 2.45) is 0 Å². The molecule has 2 rings (SSSR count). The molecule has 0 atom stereocenters. The fraction of sp³-hybridized carbons (Fsp3) is 0.167. The number of benzene rings is 1. The summed E-state index contributed by atoms with van der Waals surface area (Å²) in [4.78, 5) is 1.19. The molecule has 0 saturated heterocycles. The molecule has 0 bridgehead atoms. The SMILES string of the molecule is ClCc1cc(Cl)ccc1OCc1cccs1. The van der Waals surface area contributed by atoms with Gasteiger partial charge in [-0.3, -0.25) is 0 Å². The van der Waals surface area contributed by atoms with Crippen LogP contribution in [0.15, 0.2) is 35.7 Å². The van der Waals surface area contributed by atoms with E-state index in [1.807, 2.05) is 29.6 Å². The Balaban J connectivity index is 2.09. The van der Waals surface area contributed by atoms with Crippen LogP contribution in [0.1, 0.15) is 10.4 Å². The Morgan fingerprint density at radius 2 is 2.12 bits per heavy atom. The van der Waals surface area contributed by atoms with Gasteiger partial charge in [0.05, 0.1) is 5.88 Å². The molecule has 1 nitrogen and oxygen atoms in total. The second-order valence-electron chi connectivity index (χ2n) is 3.25. The second kappa shape index (κ2) is 5.58. The van der Waals surface area contributed by atoms with Crippen LogP contribution in [0, 0.1) is 0 Å². The summed E-state index contributed by atoms with van der Waals surface area (Å²) >= 11 is 13.4. The number of halogens is 2. The molecule has 4 heteroatoms. The number of thiophene rings is 1. The first-order valence-corrected chi connectivity index (χ1v) is 6.58. The van der Waals surface area contributed by atoms with Gasteiger partial charge in [-0.1, -0.05) is 17.7 Å². The minimum absolute atomic E-state index is 0.403. The Morgan fingerprint density at radius 3 is 2.81 bits per heavy atom. The monoisotopic (exact) mass is 272 g/mol. The third-order valence-corrected chi connectivity index (χ3v) is 3.49. The minimum atomic E-state index is 0.403. The Bertz CT molecular complexity index is 454. The summed E-state index contributed by atoms with van der Waals surface area (Å²) in [6.07, 6.45) is 0. The van der Waals surface area contributed by atoms with Crippen molar-refractivity contribution in [1.82, 2.24) is 0 Å². The molecule has 0 N–H and O–H groups in total. The first-order chi connectivity index (χ1) is 7.79. The zero-order valence-corrected chi connectivity index (χ0v) is 10.8. The summed E-state index contributed by atoms with van der Waals surface area (Å²) in [5.74, 6) is 1.20. The van der Waals surface area contributed by atoms with Gasteiger partial charge in [0.2, 0.25) is 0 Å². The smallest absolute Gasteiger partial charge is 0.124 e. The number of ether oxygens (including phenoxy) is 1. The first-order valence-electron chi connectivity index (χ1n) is 4.79. The van der Waals surface area contributed by atoms with Gasteiger partial charge in [-0.15, -0.1) is 22.9 Å². The molecule has 0 aliphatic carbocycles. The Hall–Kier alpha value is -0.700. The molecule has 1 aromatic heterocycles. The van der Waals surface area contributed by atoms with Crippen LogP contribution in [0.4, 0.5) is 0 Å². The van der Waals surface area contributed by atoms with Crippen LogP contribution < -0.4 is 4.74 Å². The van der Waals surface area contributed by atoms with Gasteiger partial charge < -0.3 is 4.74 Å². The van der Waals surface area contributed by atoms with Crippen molar-refractivity contribution < 1.29 is 4.74 Å². The normalized spacial score (nSPS) is 10.4. The van der Waals surface area contributed by atoms with Crippen LogP contribution in [-0.4, -0.2) is 0 Å². The van der Waals surface area contributed by atoms with E-state index in [1.165, 1.54) is 4.88 Å². The van der Waals surface area contributed by atoms with Gasteiger partial charge in [0.1, 0.15) is 12.4 Å². The average Bonchev–Trinajstić information content (AvgIpc) is 2.80. The van der Waals surface area contributed by atoms with Gasteiger partial charge in [-0.25, -0.2) is 0 Å². The number of hydrogen-bond acceptors (Lipinski definition) is 2. The van der Waals surface area contributed by atoms with Crippen molar-refractivity contribution in [3.8, 4) is 5.75 Å². The van der Waals surface area contributed by atoms with E-state index in [-0.39, 0.29) is 0 Å². The van der Waals surface area contributed by atoms with E-state index in [1.54, 1.807) is 17.4 Å². The van der Waals surface area contributed by atoms with Gasteiger partial charge in [-0.05, 0) is 29.6 Å². The van der Waals surface area contributed by atoms with Crippen molar-refractivity contribution in [3.05, 3.63) is 51.2 Å². The molecular weight excluding hydrogens is 263 g/mol. The molecular formula is C12H10Cl2OS. The first kappa shape index (κ1) is 11.8. The summed E-state index contributed by atoms with van der Waals surface area (Å²) in [6, 6.07) is 9.54. The molecule has 0 radical (unpaired) electrons. The number of alkyl halides is 1. The van der Waals surface area contributed by atoms with E-state index in [9.17, 15) is 0 Å². The summed E-state index contributed by atoms with van der Waals surface area (Å²) in [6.45, 7) is 0.573. The zero-order valence-electron chi connectivity index (χ0n) is 8.45. The Labute approximate surface area is 109 Å². The maximum Gasteiger partial charge on any atom is 0.124 e. The standard InChI is InChI=1S/C12H10Cl2OS/c13-7-9-6-10(14)3-4-12(9)15-8-11-2-1-5-16-11/h1-6H,7-8H2. The van der Waals surface area contributed by atoms with Crippen LogP contribution in [0.2, 0.25) is 5.02 Å².